The number of nitrogens with zero attached hydrogens (tertiary/aromatic N) is 1. The van der Waals surface area contributed by atoms with Crippen LogP contribution in [0, 0.1) is 11.8 Å². The highest BCUT2D eigenvalue weighted by Crippen LogP contribution is 2.18. The largest absolute Gasteiger partial charge is 0.439 e. The lowest BCUT2D eigenvalue weighted by molar-refractivity contribution is 0.454. The van der Waals surface area contributed by atoms with Gasteiger partial charge >= 0.3 is 0 Å². The van der Waals surface area contributed by atoms with Gasteiger partial charge in [0, 0.05) is 12.2 Å². The summed E-state index contributed by atoms with van der Waals surface area (Å²) in [6.45, 7) is 2.18. The monoisotopic (exact) mass is 299 g/mol. The Labute approximate surface area is 131 Å². The molecular weight excluding hydrogens is 278 g/mol. The molecule has 110 valence electrons. The third-order valence-electron chi connectivity index (χ3n) is 3.03. The van der Waals surface area contributed by atoms with Crippen LogP contribution < -0.4 is 0 Å². The van der Waals surface area contributed by atoms with Crippen molar-refractivity contribution in [3.63, 3.8) is 0 Å². The van der Waals surface area contributed by atoms with Crippen molar-refractivity contribution < 1.29 is 4.42 Å². The van der Waals surface area contributed by atoms with E-state index in [1.807, 2.05) is 6.07 Å². The van der Waals surface area contributed by atoms with Crippen molar-refractivity contribution in [1.29, 1.82) is 0 Å². The first-order valence-electron chi connectivity index (χ1n) is 7.49. The van der Waals surface area contributed by atoms with Crippen molar-refractivity contribution >= 4 is 11.8 Å². The molecule has 0 bridgehead atoms. The van der Waals surface area contributed by atoms with Crippen LogP contribution in [-0.4, -0.2) is 10.7 Å². The van der Waals surface area contributed by atoms with Gasteiger partial charge in [0.15, 0.2) is 5.69 Å². The molecule has 0 amide bonds. The molecule has 0 aliphatic carbocycles. The first-order chi connectivity index (χ1) is 10.4. The molecule has 0 radical (unpaired) electrons. The molecular formula is C18H21NOS. The second kappa shape index (κ2) is 9.31. The number of rotatable bonds is 7. The molecule has 1 aromatic carbocycles. The molecule has 0 aliphatic heterocycles. The summed E-state index contributed by atoms with van der Waals surface area (Å²) in [5.41, 5.74) is 2.11. The van der Waals surface area contributed by atoms with Gasteiger partial charge in [-0.2, -0.15) is 4.98 Å². The van der Waals surface area contributed by atoms with Gasteiger partial charge in [-0.05, 0) is 30.7 Å². The summed E-state index contributed by atoms with van der Waals surface area (Å²) in [5.74, 6) is 7.30. The van der Waals surface area contributed by atoms with Crippen LogP contribution in [0.1, 0.15) is 43.9 Å². The van der Waals surface area contributed by atoms with Crippen molar-refractivity contribution in [3.05, 3.63) is 47.9 Å². The third kappa shape index (κ3) is 6.10. The van der Waals surface area contributed by atoms with Gasteiger partial charge in [-0.15, -0.1) is 0 Å². The Hall–Kier alpha value is -1.66. The van der Waals surface area contributed by atoms with E-state index in [0.717, 1.165) is 35.9 Å². The number of aromatic nitrogens is 1. The topological polar surface area (TPSA) is 26.0 Å². The molecule has 0 N–H and O–H groups in total. The standard InChI is InChI=1S/C18H21NOS/c1-2-3-14-21-18-19-17(15-20-18)13-9-5-8-12-16-10-6-4-7-11-16/h4,6-7,10-11,15H,2-3,5,8,12,14H2,1H3. The van der Waals surface area contributed by atoms with Crippen LogP contribution in [0.15, 0.2) is 46.2 Å². The Morgan fingerprint density at radius 2 is 2.05 bits per heavy atom. The van der Waals surface area contributed by atoms with Gasteiger partial charge in [-0.1, -0.05) is 61.4 Å². The van der Waals surface area contributed by atoms with E-state index in [2.05, 4.69) is 48.0 Å². The van der Waals surface area contributed by atoms with Gasteiger partial charge < -0.3 is 4.42 Å². The van der Waals surface area contributed by atoms with Crippen LogP contribution in [0.2, 0.25) is 0 Å². The lowest BCUT2D eigenvalue weighted by Crippen LogP contribution is -1.83. The first kappa shape index (κ1) is 15.7. The maximum Gasteiger partial charge on any atom is 0.256 e. The zero-order valence-electron chi connectivity index (χ0n) is 12.5. The second-order valence-corrected chi connectivity index (χ2v) is 5.89. The Kier molecular flexibility index (Phi) is 6.97. The Balaban J connectivity index is 1.70. The average molecular weight is 299 g/mol. The van der Waals surface area contributed by atoms with Crippen LogP contribution in [-0.2, 0) is 6.42 Å². The van der Waals surface area contributed by atoms with Crippen molar-refractivity contribution in [2.45, 2.75) is 44.3 Å². The molecule has 1 heterocycles. The van der Waals surface area contributed by atoms with Gasteiger partial charge in [-0.3, -0.25) is 0 Å². The van der Waals surface area contributed by atoms with Crippen molar-refractivity contribution in [2.24, 2.45) is 0 Å². The van der Waals surface area contributed by atoms with Crippen LogP contribution in [0.5, 0.6) is 0 Å². The number of benzene rings is 1. The predicted octanol–water partition coefficient (Wildman–Crippen LogP) is 4.94. The molecule has 3 heteroatoms. The number of hydrogen-bond acceptors (Lipinski definition) is 3. The molecule has 0 spiro atoms. The minimum absolute atomic E-state index is 0.733. The fraction of sp³-hybridized carbons (Fsp3) is 0.389. The van der Waals surface area contributed by atoms with Gasteiger partial charge in [0.2, 0.25) is 0 Å². The average Bonchev–Trinajstić information content (AvgIpc) is 2.96. The summed E-state index contributed by atoms with van der Waals surface area (Å²) in [7, 11) is 0. The molecule has 0 fully saturated rings. The molecule has 0 saturated carbocycles. The van der Waals surface area contributed by atoms with Crippen molar-refractivity contribution in [1.82, 2.24) is 4.98 Å². The summed E-state index contributed by atoms with van der Waals surface area (Å²) in [5, 5.41) is 0.733. The summed E-state index contributed by atoms with van der Waals surface area (Å²) < 4.78 is 5.39. The Morgan fingerprint density at radius 3 is 2.86 bits per heavy atom. The van der Waals surface area contributed by atoms with E-state index in [1.54, 1.807) is 18.0 Å². The molecule has 1 aromatic heterocycles. The predicted molar refractivity (Wildman–Crippen MR) is 88.4 cm³/mol. The van der Waals surface area contributed by atoms with E-state index in [1.165, 1.54) is 18.4 Å². The normalized spacial score (nSPS) is 10.1. The minimum atomic E-state index is 0.733. The van der Waals surface area contributed by atoms with E-state index in [4.69, 9.17) is 4.42 Å². The fourth-order valence-corrected chi connectivity index (χ4v) is 2.75. The van der Waals surface area contributed by atoms with E-state index in [9.17, 15) is 0 Å². The lowest BCUT2D eigenvalue weighted by atomic mass is 10.1. The van der Waals surface area contributed by atoms with E-state index in [0.29, 0.717) is 0 Å². The molecule has 21 heavy (non-hydrogen) atoms. The Bertz CT molecular complexity index is 580. The van der Waals surface area contributed by atoms with Gasteiger partial charge in [0.1, 0.15) is 6.26 Å². The summed E-state index contributed by atoms with van der Waals surface area (Å²) >= 11 is 1.66. The minimum Gasteiger partial charge on any atom is -0.439 e. The zero-order valence-corrected chi connectivity index (χ0v) is 13.3. The maximum atomic E-state index is 5.39. The van der Waals surface area contributed by atoms with Crippen molar-refractivity contribution in [2.75, 3.05) is 5.75 Å². The zero-order chi connectivity index (χ0) is 14.8. The highest BCUT2D eigenvalue weighted by atomic mass is 32.2. The number of thioether (sulfide) groups is 1. The first-order valence-corrected chi connectivity index (χ1v) is 8.48. The van der Waals surface area contributed by atoms with E-state index >= 15 is 0 Å². The summed E-state index contributed by atoms with van der Waals surface area (Å²) in [4.78, 5) is 4.36. The van der Waals surface area contributed by atoms with Crippen LogP contribution in [0.4, 0.5) is 0 Å². The number of hydrogen-bond donors (Lipinski definition) is 0. The quantitative estimate of drug-likeness (QED) is 0.411. The van der Waals surface area contributed by atoms with Gasteiger partial charge in [-0.25, -0.2) is 0 Å². The molecule has 0 saturated heterocycles. The molecule has 0 unspecified atom stereocenters. The third-order valence-corrected chi connectivity index (χ3v) is 3.96. The number of oxazole rings is 1. The smallest absolute Gasteiger partial charge is 0.256 e. The van der Waals surface area contributed by atoms with E-state index < -0.39 is 0 Å². The highest BCUT2D eigenvalue weighted by Gasteiger charge is 2.01. The van der Waals surface area contributed by atoms with Crippen molar-refractivity contribution in [3.8, 4) is 11.8 Å². The SMILES string of the molecule is CCCCSc1nc(C#CCCCc2ccccc2)co1. The van der Waals surface area contributed by atoms with Crippen LogP contribution in [0.3, 0.4) is 0 Å². The molecule has 0 atom stereocenters. The molecule has 2 rings (SSSR count). The fourth-order valence-electron chi connectivity index (χ4n) is 1.86. The highest BCUT2D eigenvalue weighted by molar-refractivity contribution is 7.99. The number of aryl methyl sites for hydroxylation is 1. The van der Waals surface area contributed by atoms with Gasteiger partial charge in [0.25, 0.3) is 5.22 Å². The van der Waals surface area contributed by atoms with Gasteiger partial charge in [0.05, 0.1) is 0 Å². The summed E-state index contributed by atoms with van der Waals surface area (Å²) in [6.07, 6.45) is 7.08. The molecule has 2 nitrogen and oxygen atoms in total. The van der Waals surface area contributed by atoms with E-state index in [-0.39, 0.29) is 0 Å². The number of unbranched alkanes of at least 4 members (excludes halogenated alkanes) is 2. The lowest BCUT2D eigenvalue weighted by Gasteiger charge is -1.96. The molecule has 2 aromatic rings. The van der Waals surface area contributed by atoms with Crippen LogP contribution in [0.25, 0.3) is 0 Å². The molecule has 0 aliphatic rings. The van der Waals surface area contributed by atoms with Crippen LogP contribution >= 0.6 is 11.8 Å². The summed E-state index contributed by atoms with van der Waals surface area (Å²) in [6, 6.07) is 10.5. The Morgan fingerprint density at radius 1 is 1.19 bits per heavy atom. The second-order valence-electron chi connectivity index (χ2n) is 4.84. The maximum absolute atomic E-state index is 5.39.